The van der Waals surface area contributed by atoms with E-state index in [2.05, 4.69) is 58.6 Å². The van der Waals surface area contributed by atoms with Crippen LogP contribution in [0.25, 0.3) is 0 Å². The zero-order valence-corrected chi connectivity index (χ0v) is 21.1. The molecule has 0 unspecified atom stereocenters. The van der Waals surface area contributed by atoms with Crippen molar-refractivity contribution in [2.75, 3.05) is 38.1 Å². The Morgan fingerprint density at radius 1 is 1.00 bits per heavy atom. The van der Waals surface area contributed by atoms with E-state index >= 15 is 0 Å². The minimum absolute atomic E-state index is 0. The molecule has 2 aliphatic heterocycles. The summed E-state index contributed by atoms with van der Waals surface area (Å²) >= 11 is 0. The molecule has 30 heavy (non-hydrogen) atoms. The highest BCUT2D eigenvalue weighted by molar-refractivity contribution is 14.0. The molecule has 2 N–H and O–H groups in total. The van der Waals surface area contributed by atoms with Crippen LogP contribution in [-0.4, -0.2) is 55.5 Å². The molecule has 1 aromatic carbocycles. The fourth-order valence-corrected chi connectivity index (χ4v) is 4.19. The molecule has 168 valence electrons. The number of carbonyl (C=O) groups is 1. The van der Waals surface area contributed by atoms with E-state index in [-0.39, 0.29) is 35.4 Å². The summed E-state index contributed by atoms with van der Waals surface area (Å²) in [6, 6.07) is 8.29. The molecule has 3 rings (SSSR count). The molecule has 2 fully saturated rings. The third kappa shape index (κ3) is 6.83. The number of rotatable bonds is 6. The molecule has 6 nitrogen and oxygen atoms in total. The monoisotopic (exact) mass is 527 g/mol. The summed E-state index contributed by atoms with van der Waals surface area (Å²) in [7, 11) is 1.81. The molecule has 0 bridgehead atoms. The maximum absolute atomic E-state index is 12.1. The van der Waals surface area contributed by atoms with Crippen LogP contribution >= 0.6 is 24.0 Å². The second-order valence-electron chi connectivity index (χ2n) is 8.81. The third-order valence-corrected chi connectivity index (χ3v) is 6.16. The number of hydrogen-bond donors (Lipinski definition) is 2. The first-order chi connectivity index (χ1) is 14.0. The third-order valence-electron chi connectivity index (χ3n) is 6.16. The van der Waals surface area contributed by atoms with Crippen molar-refractivity contribution in [3.8, 4) is 0 Å². The zero-order chi connectivity index (χ0) is 20.7. The predicted octanol–water partition coefficient (Wildman–Crippen LogP) is 3.75. The molecule has 2 heterocycles. The topological polar surface area (TPSA) is 60.0 Å². The van der Waals surface area contributed by atoms with Crippen molar-refractivity contribution in [3.63, 3.8) is 0 Å². The van der Waals surface area contributed by atoms with E-state index < -0.39 is 0 Å². The molecule has 0 aromatic heterocycles. The van der Waals surface area contributed by atoms with Gasteiger partial charge in [-0.15, -0.1) is 24.0 Å². The van der Waals surface area contributed by atoms with Gasteiger partial charge in [0, 0.05) is 44.3 Å². The summed E-state index contributed by atoms with van der Waals surface area (Å²) in [5.41, 5.74) is 2.29. The number of nitrogens with one attached hydrogen (secondary N) is 2. The molecule has 0 saturated carbocycles. The van der Waals surface area contributed by atoms with Crippen LogP contribution in [0, 0.1) is 0 Å². The Balaban J connectivity index is 0.00000320. The van der Waals surface area contributed by atoms with Crippen LogP contribution in [0.1, 0.15) is 57.9 Å². The number of guanidine groups is 1. The zero-order valence-electron chi connectivity index (χ0n) is 18.7. The Labute approximate surface area is 198 Å². The first-order valence-corrected chi connectivity index (χ1v) is 11.1. The van der Waals surface area contributed by atoms with Gasteiger partial charge in [-0.25, -0.2) is 0 Å². The number of halogens is 1. The summed E-state index contributed by atoms with van der Waals surface area (Å²) < 4.78 is 0. The molecule has 2 aliphatic rings. The number of amides is 1. The maximum Gasteiger partial charge on any atom is 0.226 e. The van der Waals surface area contributed by atoms with Crippen molar-refractivity contribution in [1.29, 1.82) is 0 Å². The molecule has 1 amide bonds. The number of carbonyl (C=O) groups excluding carboxylic acids is 1. The van der Waals surface area contributed by atoms with Crippen LogP contribution in [-0.2, 0) is 11.3 Å². The van der Waals surface area contributed by atoms with Crippen LogP contribution < -0.4 is 15.5 Å². The summed E-state index contributed by atoms with van der Waals surface area (Å²) in [5, 5.41) is 6.90. The molecule has 7 heteroatoms. The van der Waals surface area contributed by atoms with Crippen LogP contribution in [0.3, 0.4) is 0 Å². The van der Waals surface area contributed by atoms with Gasteiger partial charge in [0.2, 0.25) is 5.91 Å². The van der Waals surface area contributed by atoms with Gasteiger partial charge in [0.05, 0.1) is 0 Å². The van der Waals surface area contributed by atoms with Gasteiger partial charge in [0.15, 0.2) is 5.96 Å². The van der Waals surface area contributed by atoms with Crippen molar-refractivity contribution in [2.24, 2.45) is 4.99 Å². The molecule has 2 saturated heterocycles. The largest absolute Gasteiger partial charge is 0.355 e. The van der Waals surface area contributed by atoms with Crippen molar-refractivity contribution < 1.29 is 4.79 Å². The highest BCUT2D eigenvalue weighted by atomic mass is 127. The molecular weight excluding hydrogens is 489 g/mol. The second-order valence-corrected chi connectivity index (χ2v) is 8.81. The predicted molar refractivity (Wildman–Crippen MR) is 136 cm³/mol. The Morgan fingerprint density at radius 2 is 1.67 bits per heavy atom. The van der Waals surface area contributed by atoms with Crippen LogP contribution in [0.2, 0.25) is 0 Å². The van der Waals surface area contributed by atoms with Crippen molar-refractivity contribution >= 4 is 41.5 Å². The van der Waals surface area contributed by atoms with Gasteiger partial charge in [-0.2, -0.15) is 0 Å². The number of piperidine rings is 2. The van der Waals surface area contributed by atoms with E-state index in [1.807, 2.05) is 11.9 Å². The normalized spacial score (nSPS) is 18.7. The molecule has 0 spiro atoms. The molecule has 0 atom stereocenters. The minimum atomic E-state index is 0. The number of anilines is 1. The first-order valence-electron chi connectivity index (χ1n) is 11.1. The number of benzene rings is 1. The summed E-state index contributed by atoms with van der Waals surface area (Å²) in [4.78, 5) is 20.9. The number of aliphatic imine (C=N–C) groups is 1. The molecular formula is C23H38IN5O. The quantitative estimate of drug-likeness (QED) is 0.336. The number of likely N-dealkylation sites (tertiary alicyclic amines) is 1. The molecule has 1 aromatic rings. The summed E-state index contributed by atoms with van der Waals surface area (Å²) in [6.07, 6.45) is 6.72. The Morgan fingerprint density at radius 3 is 2.30 bits per heavy atom. The molecule has 0 radical (unpaired) electrons. The number of hydrogen-bond acceptors (Lipinski definition) is 3. The smallest absolute Gasteiger partial charge is 0.226 e. The van der Waals surface area contributed by atoms with Crippen LogP contribution in [0.5, 0.6) is 0 Å². The average molecular weight is 527 g/mol. The van der Waals surface area contributed by atoms with Gasteiger partial charge in [-0.3, -0.25) is 14.7 Å². The highest BCUT2D eigenvalue weighted by Crippen LogP contribution is 2.21. The van der Waals surface area contributed by atoms with Crippen molar-refractivity contribution in [3.05, 3.63) is 29.8 Å². The van der Waals surface area contributed by atoms with Gasteiger partial charge >= 0.3 is 0 Å². The number of nitrogens with zero attached hydrogens (tertiary/aromatic N) is 3. The first kappa shape index (κ1) is 24.9. The second kappa shape index (κ2) is 11.9. The maximum atomic E-state index is 12.1. The van der Waals surface area contributed by atoms with Crippen LogP contribution in [0.15, 0.2) is 29.3 Å². The van der Waals surface area contributed by atoms with Crippen molar-refractivity contribution in [2.45, 2.75) is 64.5 Å². The van der Waals surface area contributed by atoms with Gasteiger partial charge in [0.1, 0.15) is 0 Å². The highest BCUT2D eigenvalue weighted by Gasteiger charge is 2.27. The van der Waals surface area contributed by atoms with E-state index in [9.17, 15) is 4.79 Å². The minimum Gasteiger partial charge on any atom is -0.355 e. The average Bonchev–Trinajstić information content (AvgIpc) is 2.75. The fourth-order valence-electron chi connectivity index (χ4n) is 4.19. The lowest BCUT2D eigenvalue weighted by Crippen LogP contribution is -2.54. The van der Waals surface area contributed by atoms with Gasteiger partial charge in [-0.05, 0) is 70.3 Å². The van der Waals surface area contributed by atoms with Gasteiger partial charge < -0.3 is 15.5 Å². The Hall–Kier alpha value is -1.35. The van der Waals surface area contributed by atoms with E-state index in [0.717, 1.165) is 37.6 Å². The summed E-state index contributed by atoms with van der Waals surface area (Å²) in [5.74, 6) is 1.06. The van der Waals surface area contributed by atoms with E-state index in [4.69, 9.17) is 0 Å². The fraction of sp³-hybridized carbons (Fsp3) is 0.652. The lowest BCUT2D eigenvalue weighted by atomic mass is 9.98. The van der Waals surface area contributed by atoms with E-state index in [0.29, 0.717) is 13.0 Å². The lowest BCUT2D eigenvalue weighted by molar-refractivity contribution is -0.119. The summed E-state index contributed by atoms with van der Waals surface area (Å²) in [6.45, 7) is 9.39. The van der Waals surface area contributed by atoms with E-state index in [1.54, 1.807) is 0 Å². The van der Waals surface area contributed by atoms with Crippen LogP contribution in [0.4, 0.5) is 5.69 Å². The van der Waals surface area contributed by atoms with Gasteiger partial charge in [0.25, 0.3) is 0 Å². The SMILES string of the molecule is CN=C(NCc1ccc(N2CCCCC2=O)cc1)NCC(C)(C)N1CCCCC1.I. The van der Waals surface area contributed by atoms with Gasteiger partial charge in [-0.1, -0.05) is 18.6 Å². The Bertz CT molecular complexity index is 698. The molecule has 0 aliphatic carbocycles. The lowest BCUT2D eigenvalue weighted by Gasteiger charge is -2.41. The van der Waals surface area contributed by atoms with E-state index in [1.165, 1.54) is 37.9 Å². The Kier molecular flexibility index (Phi) is 9.87. The van der Waals surface area contributed by atoms with Crippen molar-refractivity contribution in [1.82, 2.24) is 15.5 Å². The standard InChI is InChI=1S/C23H37N5O.HI/c1-23(2,27-14-6-4-7-15-27)18-26-22(24-3)25-17-19-10-12-20(13-11-19)28-16-8-5-9-21(28)29;/h10-13H,4-9,14-18H2,1-3H3,(H2,24,25,26);1H.